The lowest BCUT2D eigenvalue weighted by Crippen LogP contribution is -2.14. The van der Waals surface area contributed by atoms with Crippen LogP contribution in [0.15, 0.2) is 24.3 Å². The van der Waals surface area contributed by atoms with Crippen molar-refractivity contribution in [3.8, 4) is 0 Å². The number of hydrogen-bond donors (Lipinski definition) is 2. The van der Waals surface area contributed by atoms with Crippen molar-refractivity contribution in [1.29, 1.82) is 0 Å². The lowest BCUT2D eigenvalue weighted by molar-refractivity contribution is -0.141. The molecule has 7 heteroatoms. The summed E-state index contributed by atoms with van der Waals surface area (Å²) in [7, 11) is 0. The van der Waals surface area contributed by atoms with Gasteiger partial charge in [-0.15, -0.1) is 0 Å². The number of hydrogen-bond acceptors (Lipinski definition) is 4. The molecule has 1 aromatic carbocycles. The number of aromatic nitrogens is 2. The molecule has 0 radical (unpaired) electrons. The van der Waals surface area contributed by atoms with Gasteiger partial charge in [-0.3, -0.25) is 0 Å². The fourth-order valence-electron chi connectivity index (χ4n) is 2.14. The number of anilines is 3. The molecule has 0 unspecified atom stereocenters. The van der Waals surface area contributed by atoms with Gasteiger partial charge in [-0.1, -0.05) is 12.1 Å². The first-order valence-electron chi connectivity index (χ1n) is 7.38. The van der Waals surface area contributed by atoms with Crippen LogP contribution in [0.4, 0.5) is 30.6 Å². The molecule has 1 heterocycles. The van der Waals surface area contributed by atoms with E-state index in [9.17, 15) is 13.2 Å². The highest BCUT2D eigenvalue weighted by Gasteiger charge is 2.34. The predicted octanol–water partition coefficient (Wildman–Crippen LogP) is 4.43. The first-order chi connectivity index (χ1) is 10.8. The number of nitrogens with zero attached hydrogens (tertiary/aromatic N) is 2. The van der Waals surface area contributed by atoms with Crippen LogP contribution in [0.2, 0.25) is 0 Å². The van der Waals surface area contributed by atoms with Gasteiger partial charge in [0.2, 0.25) is 5.95 Å². The average Bonchev–Trinajstić information content (AvgIpc) is 3.26. The number of halogens is 3. The maximum Gasteiger partial charge on any atom is 0.433 e. The average molecular weight is 322 g/mol. The van der Waals surface area contributed by atoms with Crippen molar-refractivity contribution < 1.29 is 13.2 Å². The molecule has 23 heavy (non-hydrogen) atoms. The number of alkyl halides is 3. The fraction of sp³-hybridized carbons (Fsp3) is 0.375. The van der Waals surface area contributed by atoms with Crippen molar-refractivity contribution in [2.45, 2.75) is 38.9 Å². The van der Waals surface area contributed by atoms with Crippen molar-refractivity contribution in [2.75, 3.05) is 10.6 Å². The zero-order valence-electron chi connectivity index (χ0n) is 12.8. The van der Waals surface area contributed by atoms with Crippen LogP contribution in [0.1, 0.15) is 29.7 Å². The van der Waals surface area contributed by atoms with E-state index in [1.807, 2.05) is 32.0 Å². The van der Waals surface area contributed by atoms with Gasteiger partial charge < -0.3 is 10.6 Å². The highest BCUT2D eigenvalue weighted by Crippen LogP contribution is 2.32. The summed E-state index contributed by atoms with van der Waals surface area (Å²) in [6, 6.07) is 6.83. The second-order valence-corrected chi connectivity index (χ2v) is 5.82. The minimum Gasteiger partial charge on any atom is -0.351 e. The van der Waals surface area contributed by atoms with Crippen LogP contribution in [0.5, 0.6) is 0 Å². The summed E-state index contributed by atoms with van der Waals surface area (Å²) in [5, 5.41) is 5.89. The van der Waals surface area contributed by atoms with Crippen molar-refractivity contribution >= 4 is 17.5 Å². The van der Waals surface area contributed by atoms with Gasteiger partial charge in [0.05, 0.1) is 0 Å². The molecular formula is C16H17F3N4. The second-order valence-electron chi connectivity index (χ2n) is 5.82. The Balaban J connectivity index is 1.94. The highest BCUT2D eigenvalue weighted by atomic mass is 19.4. The maximum atomic E-state index is 13.0. The zero-order chi connectivity index (χ0) is 16.6. The second kappa shape index (κ2) is 5.72. The van der Waals surface area contributed by atoms with E-state index >= 15 is 0 Å². The molecule has 2 aromatic rings. The van der Waals surface area contributed by atoms with Gasteiger partial charge in [0.1, 0.15) is 5.82 Å². The maximum absolute atomic E-state index is 13.0. The highest BCUT2D eigenvalue weighted by molar-refractivity contribution is 5.62. The molecule has 0 spiro atoms. The Morgan fingerprint density at radius 3 is 2.48 bits per heavy atom. The normalized spacial score (nSPS) is 14.7. The minimum atomic E-state index is -4.51. The van der Waals surface area contributed by atoms with E-state index < -0.39 is 11.9 Å². The Hall–Kier alpha value is -2.31. The van der Waals surface area contributed by atoms with Gasteiger partial charge in [0.25, 0.3) is 0 Å². The van der Waals surface area contributed by atoms with E-state index in [2.05, 4.69) is 20.6 Å². The molecule has 1 aliphatic rings. The topological polar surface area (TPSA) is 49.8 Å². The molecule has 0 saturated heterocycles. The molecule has 0 bridgehead atoms. The fourth-order valence-corrected chi connectivity index (χ4v) is 2.14. The number of aryl methyl sites for hydroxylation is 2. The number of benzene rings is 1. The molecule has 0 aliphatic heterocycles. The van der Waals surface area contributed by atoms with E-state index in [-0.39, 0.29) is 17.8 Å². The van der Waals surface area contributed by atoms with Crippen LogP contribution in [0, 0.1) is 13.8 Å². The largest absolute Gasteiger partial charge is 0.433 e. The molecule has 1 aromatic heterocycles. The summed E-state index contributed by atoms with van der Waals surface area (Å²) in [5.74, 6) is 0.138. The van der Waals surface area contributed by atoms with Crippen molar-refractivity contribution in [3.05, 3.63) is 41.1 Å². The van der Waals surface area contributed by atoms with Crippen molar-refractivity contribution in [2.24, 2.45) is 0 Å². The van der Waals surface area contributed by atoms with Crippen LogP contribution >= 0.6 is 0 Å². The Morgan fingerprint density at radius 1 is 1.09 bits per heavy atom. The first kappa shape index (κ1) is 15.6. The van der Waals surface area contributed by atoms with Gasteiger partial charge in [0.15, 0.2) is 5.69 Å². The van der Waals surface area contributed by atoms with Crippen molar-refractivity contribution in [3.63, 3.8) is 0 Å². The Bertz CT molecular complexity index is 724. The molecule has 0 amide bonds. The predicted molar refractivity (Wildman–Crippen MR) is 82.9 cm³/mol. The van der Waals surface area contributed by atoms with Gasteiger partial charge in [-0.05, 0) is 43.9 Å². The lowest BCUT2D eigenvalue weighted by atomic mass is 10.1. The first-order valence-corrected chi connectivity index (χ1v) is 7.38. The Morgan fingerprint density at radius 2 is 1.83 bits per heavy atom. The van der Waals surface area contributed by atoms with Gasteiger partial charge in [-0.2, -0.15) is 18.2 Å². The monoisotopic (exact) mass is 322 g/mol. The smallest absolute Gasteiger partial charge is 0.351 e. The third-order valence-electron chi connectivity index (χ3n) is 3.58. The molecule has 1 saturated carbocycles. The van der Waals surface area contributed by atoms with E-state index in [1.165, 1.54) is 0 Å². The summed E-state index contributed by atoms with van der Waals surface area (Å²) in [6.07, 6.45) is -2.65. The molecule has 1 aliphatic carbocycles. The molecule has 0 atom stereocenters. The summed E-state index contributed by atoms with van der Waals surface area (Å²) < 4.78 is 39.1. The van der Waals surface area contributed by atoms with Gasteiger partial charge in [0, 0.05) is 17.8 Å². The Labute approximate surface area is 132 Å². The molecule has 3 rings (SSSR count). The molecule has 1 fully saturated rings. The zero-order valence-corrected chi connectivity index (χ0v) is 12.8. The quantitative estimate of drug-likeness (QED) is 0.874. The van der Waals surface area contributed by atoms with Crippen LogP contribution in [-0.4, -0.2) is 16.0 Å². The standard InChI is InChI=1S/C16H17F3N4/c1-9-3-4-10(2)12(7-9)21-14-8-13(16(17,18)19)22-15(23-14)20-11-5-6-11/h3-4,7-8,11H,5-6H2,1-2H3,(H2,20,21,22,23). The third-order valence-corrected chi connectivity index (χ3v) is 3.58. The number of rotatable bonds is 4. The van der Waals surface area contributed by atoms with E-state index in [1.54, 1.807) is 0 Å². The summed E-state index contributed by atoms with van der Waals surface area (Å²) in [6.45, 7) is 3.81. The molecule has 4 nitrogen and oxygen atoms in total. The van der Waals surface area contributed by atoms with E-state index in [4.69, 9.17) is 0 Å². The lowest BCUT2D eigenvalue weighted by Gasteiger charge is -2.14. The minimum absolute atomic E-state index is 0.00938. The molecule has 2 N–H and O–H groups in total. The summed E-state index contributed by atoms with van der Waals surface area (Å²) in [4.78, 5) is 7.74. The number of nitrogens with one attached hydrogen (secondary N) is 2. The van der Waals surface area contributed by atoms with Crippen LogP contribution < -0.4 is 10.6 Å². The molecule has 122 valence electrons. The molecular weight excluding hydrogens is 305 g/mol. The van der Waals surface area contributed by atoms with E-state index in [0.717, 1.165) is 35.7 Å². The van der Waals surface area contributed by atoms with Gasteiger partial charge >= 0.3 is 6.18 Å². The summed E-state index contributed by atoms with van der Waals surface area (Å²) >= 11 is 0. The Kier molecular flexibility index (Phi) is 3.87. The van der Waals surface area contributed by atoms with Crippen molar-refractivity contribution in [1.82, 2.24) is 9.97 Å². The van der Waals surface area contributed by atoms with Crippen LogP contribution in [0.3, 0.4) is 0 Å². The van der Waals surface area contributed by atoms with E-state index in [0.29, 0.717) is 0 Å². The van der Waals surface area contributed by atoms with Crippen LogP contribution in [-0.2, 0) is 6.18 Å². The SMILES string of the molecule is Cc1ccc(C)c(Nc2cc(C(F)(F)F)nc(NC3CC3)n2)c1. The van der Waals surface area contributed by atoms with Gasteiger partial charge in [-0.25, -0.2) is 4.98 Å². The summed E-state index contributed by atoms with van der Waals surface area (Å²) in [5.41, 5.74) is 1.72. The third kappa shape index (κ3) is 3.91. The van der Waals surface area contributed by atoms with Crippen LogP contribution in [0.25, 0.3) is 0 Å².